The van der Waals surface area contributed by atoms with Gasteiger partial charge in [-0.05, 0) is 35.8 Å². The van der Waals surface area contributed by atoms with Gasteiger partial charge in [-0.1, -0.05) is 39.8 Å². The van der Waals surface area contributed by atoms with E-state index in [1.165, 1.54) is 5.52 Å². The van der Waals surface area contributed by atoms with Crippen molar-refractivity contribution < 1.29 is 0 Å². The van der Waals surface area contributed by atoms with Crippen LogP contribution in [0, 0.1) is 16.7 Å². The summed E-state index contributed by atoms with van der Waals surface area (Å²) in [4.78, 5) is 4.72. The third kappa shape index (κ3) is 1.81. The second kappa shape index (κ2) is 4.24. The van der Waals surface area contributed by atoms with Crippen molar-refractivity contribution in [3.8, 4) is 0 Å². The largest absolute Gasteiger partial charge is 0.326 e. The molecule has 0 N–H and O–H groups in total. The molecule has 1 unspecified atom stereocenters. The lowest BCUT2D eigenvalue weighted by molar-refractivity contribution is 0.457. The van der Waals surface area contributed by atoms with Gasteiger partial charge in [0.2, 0.25) is 0 Å². The third-order valence-corrected chi connectivity index (χ3v) is 5.92. The SMILES string of the molecule is CC(Cl)c1nc2ccccc2n1CC1C(C)(C)C1(C)C. The van der Waals surface area contributed by atoms with Crippen LogP contribution in [0.5, 0.6) is 0 Å². The van der Waals surface area contributed by atoms with Crippen LogP contribution < -0.4 is 0 Å². The molecule has 1 atom stereocenters. The summed E-state index contributed by atoms with van der Waals surface area (Å²) in [5.74, 6) is 1.66. The fourth-order valence-corrected chi connectivity index (χ4v) is 3.73. The molecule has 1 heterocycles. The van der Waals surface area contributed by atoms with E-state index in [1.807, 2.05) is 13.0 Å². The maximum absolute atomic E-state index is 6.34. The number of rotatable bonds is 3. The zero-order valence-corrected chi connectivity index (χ0v) is 13.7. The molecule has 1 aliphatic carbocycles. The quantitative estimate of drug-likeness (QED) is 0.726. The van der Waals surface area contributed by atoms with Crippen LogP contribution in [-0.2, 0) is 6.54 Å². The Morgan fingerprint density at radius 2 is 1.80 bits per heavy atom. The van der Waals surface area contributed by atoms with Crippen molar-refractivity contribution in [2.75, 3.05) is 0 Å². The molecular weight excluding hydrogens is 268 g/mol. The summed E-state index contributed by atoms with van der Waals surface area (Å²) < 4.78 is 2.33. The van der Waals surface area contributed by atoms with Crippen LogP contribution in [0.15, 0.2) is 24.3 Å². The molecule has 2 aromatic rings. The average Bonchev–Trinajstić information content (AvgIpc) is 2.70. The first-order chi connectivity index (χ1) is 9.26. The Labute approximate surface area is 126 Å². The molecule has 0 bridgehead atoms. The number of fused-ring (bicyclic) bond motifs is 1. The van der Waals surface area contributed by atoms with E-state index in [4.69, 9.17) is 16.6 Å². The molecule has 2 nitrogen and oxygen atoms in total. The smallest absolute Gasteiger partial charge is 0.127 e. The molecule has 1 saturated carbocycles. The lowest BCUT2D eigenvalue weighted by Crippen LogP contribution is -2.09. The Balaban J connectivity index is 2.05. The molecule has 0 amide bonds. The van der Waals surface area contributed by atoms with Gasteiger partial charge in [-0.25, -0.2) is 4.98 Å². The molecule has 0 radical (unpaired) electrons. The van der Waals surface area contributed by atoms with Crippen molar-refractivity contribution in [1.29, 1.82) is 0 Å². The summed E-state index contributed by atoms with van der Waals surface area (Å²) >= 11 is 6.34. The van der Waals surface area contributed by atoms with Crippen molar-refractivity contribution in [2.45, 2.75) is 46.5 Å². The summed E-state index contributed by atoms with van der Waals surface area (Å²) in [5.41, 5.74) is 3.01. The Morgan fingerprint density at radius 3 is 2.35 bits per heavy atom. The predicted molar refractivity (Wildman–Crippen MR) is 85.1 cm³/mol. The minimum Gasteiger partial charge on any atom is -0.326 e. The Bertz CT molecular complexity index is 638. The van der Waals surface area contributed by atoms with Gasteiger partial charge in [0.1, 0.15) is 5.82 Å². The highest BCUT2D eigenvalue weighted by molar-refractivity contribution is 6.20. The summed E-state index contributed by atoms with van der Waals surface area (Å²) in [7, 11) is 0. The van der Waals surface area contributed by atoms with E-state index in [0.29, 0.717) is 16.7 Å². The molecule has 0 saturated heterocycles. The predicted octanol–water partition coefficient (Wildman–Crippen LogP) is 5.02. The van der Waals surface area contributed by atoms with Crippen LogP contribution >= 0.6 is 11.6 Å². The van der Waals surface area contributed by atoms with E-state index in [-0.39, 0.29) is 5.38 Å². The maximum Gasteiger partial charge on any atom is 0.127 e. The minimum atomic E-state index is -0.0626. The lowest BCUT2D eigenvalue weighted by Gasteiger charge is -2.11. The molecule has 1 fully saturated rings. The Kier molecular flexibility index (Phi) is 2.95. The van der Waals surface area contributed by atoms with E-state index < -0.39 is 0 Å². The molecule has 1 aliphatic rings. The highest BCUT2D eigenvalue weighted by atomic mass is 35.5. The number of nitrogens with zero attached hydrogens (tertiary/aromatic N) is 2. The zero-order valence-electron chi connectivity index (χ0n) is 12.9. The fraction of sp³-hybridized carbons (Fsp3) is 0.588. The summed E-state index contributed by atoms with van der Waals surface area (Å²) in [6.07, 6.45) is 0. The minimum absolute atomic E-state index is 0.0626. The van der Waals surface area contributed by atoms with Crippen LogP contribution in [0.25, 0.3) is 11.0 Å². The van der Waals surface area contributed by atoms with Crippen molar-refractivity contribution in [3.05, 3.63) is 30.1 Å². The van der Waals surface area contributed by atoms with Gasteiger partial charge in [0.15, 0.2) is 0 Å². The van der Waals surface area contributed by atoms with Crippen molar-refractivity contribution in [1.82, 2.24) is 9.55 Å². The molecule has 3 heteroatoms. The molecule has 3 rings (SSSR count). The standard InChI is InChI=1S/C17H23ClN2/c1-11(18)15-19-12-8-6-7-9-13(12)20(15)10-14-16(2,3)17(14,4)5/h6-9,11,14H,10H2,1-5H3. The van der Waals surface area contributed by atoms with Crippen molar-refractivity contribution >= 4 is 22.6 Å². The molecule has 20 heavy (non-hydrogen) atoms. The Morgan fingerprint density at radius 1 is 1.20 bits per heavy atom. The Hall–Kier alpha value is -1.02. The average molecular weight is 291 g/mol. The number of halogens is 1. The zero-order chi connectivity index (χ0) is 14.7. The van der Waals surface area contributed by atoms with E-state index in [0.717, 1.165) is 17.9 Å². The van der Waals surface area contributed by atoms with Gasteiger partial charge in [0.25, 0.3) is 0 Å². The summed E-state index contributed by atoms with van der Waals surface area (Å²) in [6, 6.07) is 8.32. The van der Waals surface area contributed by atoms with Crippen molar-refractivity contribution in [2.24, 2.45) is 16.7 Å². The first-order valence-corrected chi connectivity index (χ1v) is 7.79. The fourth-order valence-electron chi connectivity index (χ4n) is 3.56. The second-order valence-corrected chi connectivity index (χ2v) is 7.84. The normalized spacial score (nSPS) is 22.1. The van der Waals surface area contributed by atoms with Gasteiger partial charge in [-0.3, -0.25) is 0 Å². The van der Waals surface area contributed by atoms with Gasteiger partial charge in [0.05, 0.1) is 16.4 Å². The van der Waals surface area contributed by atoms with Gasteiger partial charge in [-0.2, -0.15) is 0 Å². The molecule has 108 valence electrons. The molecule has 1 aromatic carbocycles. The highest BCUT2D eigenvalue weighted by Crippen LogP contribution is 2.69. The summed E-state index contributed by atoms with van der Waals surface area (Å²) in [5, 5.41) is -0.0626. The van der Waals surface area contributed by atoms with Crippen LogP contribution in [0.4, 0.5) is 0 Å². The van der Waals surface area contributed by atoms with E-state index in [2.05, 4.69) is 50.5 Å². The topological polar surface area (TPSA) is 17.8 Å². The molecular formula is C17H23ClN2. The van der Waals surface area contributed by atoms with Crippen LogP contribution in [-0.4, -0.2) is 9.55 Å². The van der Waals surface area contributed by atoms with Gasteiger partial charge < -0.3 is 4.57 Å². The molecule has 1 aromatic heterocycles. The number of hydrogen-bond acceptors (Lipinski definition) is 1. The number of aromatic nitrogens is 2. The van der Waals surface area contributed by atoms with E-state index in [9.17, 15) is 0 Å². The number of alkyl halides is 1. The molecule has 0 aliphatic heterocycles. The maximum atomic E-state index is 6.34. The highest BCUT2D eigenvalue weighted by Gasteiger charge is 2.64. The number of para-hydroxylation sites is 2. The van der Waals surface area contributed by atoms with Crippen molar-refractivity contribution in [3.63, 3.8) is 0 Å². The van der Waals surface area contributed by atoms with Gasteiger partial charge in [-0.15, -0.1) is 11.6 Å². The number of hydrogen-bond donors (Lipinski definition) is 0. The van der Waals surface area contributed by atoms with E-state index >= 15 is 0 Å². The molecule has 0 spiro atoms. The second-order valence-electron chi connectivity index (χ2n) is 7.18. The van der Waals surface area contributed by atoms with Gasteiger partial charge in [0, 0.05) is 6.54 Å². The lowest BCUT2D eigenvalue weighted by atomic mass is 10.0. The monoisotopic (exact) mass is 290 g/mol. The number of benzene rings is 1. The van der Waals surface area contributed by atoms with E-state index in [1.54, 1.807) is 0 Å². The summed E-state index contributed by atoms with van der Waals surface area (Å²) in [6.45, 7) is 12.5. The number of imidazole rings is 1. The van der Waals surface area contributed by atoms with Crippen LogP contribution in [0.1, 0.15) is 45.8 Å². The third-order valence-electron chi connectivity index (χ3n) is 5.72. The van der Waals surface area contributed by atoms with Gasteiger partial charge >= 0.3 is 0 Å². The van der Waals surface area contributed by atoms with Crippen LogP contribution in [0.3, 0.4) is 0 Å². The first kappa shape index (κ1) is 13.9. The first-order valence-electron chi connectivity index (χ1n) is 7.36. The van der Waals surface area contributed by atoms with Crippen LogP contribution in [0.2, 0.25) is 0 Å².